The molecule has 37 heavy (non-hydrogen) atoms. The lowest BCUT2D eigenvalue weighted by molar-refractivity contribution is 0.0599. The summed E-state index contributed by atoms with van der Waals surface area (Å²) >= 11 is 1.10. The van der Waals surface area contributed by atoms with Crippen LogP contribution >= 0.6 is 11.3 Å². The second-order valence-corrected chi connectivity index (χ2v) is 11.8. The first-order valence-corrected chi connectivity index (χ1v) is 13.5. The lowest BCUT2D eigenvalue weighted by Gasteiger charge is -2.25. The van der Waals surface area contributed by atoms with Gasteiger partial charge >= 0.3 is 12.2 Å². The molecule has 4 rings (SSSR count). The molecule has 0 atom stereocenters. The number of sulfonamides is 1. The van der Waals surface area contributed by atoms with Gasteiger partial charge in [-0.3, -0.25) is 4.72 Å². The van der Waals surface area contributed by atoms with E-state index >= 15 is 0 Å². The first kappa shape index (κ1) is 26.0. The second-order valence-electron chi connectivity index (χ2n) is 8.87. The molecule has 14 heteroatoms. The molecule has 0 spiro atoms. The van der Waals surface area contributed by atoms with Crippen molar-refractivity contribution >= 4 is 61.0 Å². The molecule has 0 fully saturated rings. The summed E-state index contributed by atoms with van der Waals surface area (Å²) in [5, 5.41) is 22.7. The van der Waals surface area contributed by atoms with Crippen LogP contribution in [0.3, 0.4) is 0 Å². The van der Waals surface area contributed by atoms with Crippen LogP contribution in [-0.2, 0) is 14.8 Å². The number of carboxylic acid groups (broad SMARTS) is 1. The third-order valence-corrected chi connectivity index (χ3v) is 7.20. The maximum atomic E-state index is 13.2. The molecule has 4 aromatic rings. The van der Waals surface area contributed by atoms with Crippen LogP contribution in [0.15, 0.2) is 48.7 Å². The Morgan fingerprint density at radius 2 is 1.92 bits per heavy atom. The van der Waals surface area contributed by atoms with Crippen LogP contribution in [0, 0.1) is 0 Å². The average molecular weight is 545 g/mol. The minimum absolute atomic E-state index is 0.0687. The highest BCUT2D eigenvalue weighted by Crippen LogP contribution is 2.36. The Balaban J connectivity index is 1.74. The molecule has 0 unspecified atom stereocenters. The molecule has 0 aliphatic heterocycles. The first-order chi connectivity index (χ1) is 17.4. The van der Waals surface area contributed by atoms with E-state index in [1.807, 2.05) is 0 Å². The Bertz CT molecular complexity index is 1590. The Hall–Kier alpha value is -4.04. The van der Waals surface area contributed by atoms with E-state index in [-0.39, 0.29) is 10.9 Å². The number of amides is 1. The van der Waals surface area contributed by atoms with Gasteiger partial charge < -0.3 is 9.84 Å². The molecule has 194 valence electrons. The van der Waals surface area contributed by atoms with Gasteiger partial charge in [0.25, 0.3) is 0 Å². The van der Waals surface area contributed by atoms with Gasteiger partial charge in [-0.2, -0.15) is 9.78 Å². The van der Waals surface area contributed by atoms with Gasteiger partial charge in [-0.05, 0) is 58.0 Å². The van der Waals surface area contributed by atoms with Crippen LogP contribution in [0.25, 0.3) is 21.5 Å². The maximum Gasteiger partial charge on any atom is 0.432 e. The largest absolute Gasteiger partial charge is 0.463 e. The molecule has 2 aromatic carbocycles. The summed E-state index contributed by atoms with van der Waals surface area (Å²) in [6.07, 6.45) is -0.553. The van der Waals surface area contributed by atoms with E-state index in [4.69, 9.17) is 4.74 Å². The third-order valence-electron chi connectivity index (χ3n) is 4.94. The SMILES string of the molecule is CCS(=O)(=O)Nc1cccc(-c2nnc(N(C(=O)OC(C)(C)C)c3ccc4c(cnn4C(=O)O)c3)s2)c1. The van der Waals surface area contributed by atoms with Crippen molar-refractivity contribution in [1.29, 1.82) is 0 Å². The zero-order chi connectivity index (χ0) is 27.0. The lowest BCUT2D eigenvalue weighted by atomic mass is 10.2. The van der Waals surface area contributed by atoms with Gasteiger partial charge in [0.05, 0.1) is 23.2 Å². The number of hydrogen-bond acceptors (Lipinski definition) is 9. The number of carbonyl (C=O) groups excluding carboxylic acids is 1. The van der Waals surface area contributed by atoms with E-state index < -0.39 is 27.8 Å². The van der Waals surface area contributed by atoms with Crippen LogP contribution < -0.4 is 9.62 Å². The molecule has 0 aliphatic carbocycles. The van der Waals surface area contributed by atoms with Gasteiger partial charge in [-0.25, -0.2) is 22.9 Å². The highest BCUT2D eigenvalue weighted by atomic mass is 32.2. The Labute approximate surface area is 216 Å². The number of rotatable bonds is 6. The predicted octanol–water partition coefficient (Wildman–Crippen LogP) is 4.92. The summed E-state index contributed by atoms with van der Waals surface area (Å²) in [7, 11) is -3.46. The van der Waals surface area contributed by atoms with E-state index in [1.54, 1.807) is 64.1 Å². The van der Waals surface area contributed by atoms with Gasteiger partial charge in [0.1, 0.15) is 10.6 Å². The summed E-state index contributed by atoms with van der Waals surface area (Å²) in [5.41, 5.74) is 0.901. The molecular weight excluding hydrogens is 520 g/mol. The number of ether oxygens (including phenoxy) is 1. The number of anilines is 3. The van der Waals surface area contributed by atoms with Gasteiger partial charge in [0.15, 0.2) is 0 Å². The van der Waals surface area contributed by atoms with E-state index in [2.05, 4.69) is 20.0 Å². The smallest absolute Gasteiger partial charge is 0.432 e. The number of nitrogens with one attached hydrogen (secondary N) is 1. The predicted molar refractivity (Wildman–Crippen MR) is 140 cm³/mol. The highest BCUT2D eigenvalue weighted by molar-refractivity contribution is 7.92. The number of nitrogens with zero attached hydrogens (tertiary/aromatic N) is 5. The summed E-state index contributed by atoms with van der Waals surface area (Å²) in [5.74, 6) is -0.0687. The van der Waals surface area contributed by atoms with E-state index in [0.29, 0.717) is 32.8 Å². The van der Waals surface area contributed by atoms with Crippen LogP contribution in [-0.4, -0.2) is 57.0 Å². The van der Waals surface area contributed by atoms with Crippen molar-refractivity contribution in [1.82, 2.24) is 20.0 Å². The second kappa shape index (κ2) is 9.78. The van der Waals surface area contributed by atoms with Crippen LogP contribution in [0.1, 0.15) is 27.7 Å². The topological polar surface area (TPSA) is 157 Å². The van der Waals surface area contributed by atoms with E-state index in [1.165, 1.54) is 17.2 Å². The molecule has 2 N–H and O–H groups in total. The summed E-state index contributed by atoms with van der Waals surface area (Å²) in [4.78, 5) is 25.9. The molecule has 0 aliphatic rings. The van der Waals surface area contributed by atoms with Crippen molar-refractivity contribution in [2.24, 2.45) is 0 Å². The minimum atomic E-state index is -3.46. The Morgan fingerprint density at radius 1 is 1.16 bits per heavy atom. The summed E-state index contributed by atoms with van der Waals surface area (Å²) < 4.78 is 32.8. The van der Waals surface area contributed by atoms with Crippen LogP contribution in [0.5, 0.6) is 0 Å². The van der Waals surface area contributed by atoms with E-state index in [0.717, 1.165) is 16.0 Å². The fourth-order valence-electron chi connectivity index (χ4n) is 3.30. The van der Waals surface area contributed by atoms with Crippen molar-refractivity contribution < 1.29 is 27.9 Å². The quantitative estimate of drug-likeness (QED) is 0.344. The molecule has 0 radical (unpaired) electrons. The van der Waals surface area contributed by atoms with Crippen LogP contribution in [0.4, 0.5) is 26.1 Å². The molecule has 1 amide bonds. The standard InChI is InChI=1S/C23H24N6O6S2/c1-5-37(33,34)27-16-8-6-7-14(11-16)19-25-26-20(36-19)28(22(32)35-23(2,3)4)17-9-10-18-15(12-17)13-24-29(18)21(30)31/h6-13,27H,5H2,1-4H3,(H,30,31). The zero-order valence-electron chi connectivity index (χ0n) is 20.4. The van der Waals surface area contributed by atoms with Crippen LogP contribution in [0.2, 0.25) is 0 Å². The average Bonchev–Trinajstić information content (AvgIpc) is 3.45. The van der Waals surface area contributed by atoms with Gasteiger partial charge in [-0.15, -0.1) is 10.2 Å². The van der Waals surface area contributed by atoms with Crippen molar-refractivity contribution in [3.8, 4) is 10.6 Å². The fourth-order valence-corrected chi connectivity index (χ4v) is 4.79. The fraction of sp³-hybridized carbons (Fsp3) is 0.261. The number of aromatic nitrogens is 4. The number of hydrogen-bond donors (Lipinski definition) is 2. The Morgan fingerprint density at radius 3 is 2.59 bits per heavy atom. The van der Waals surface area contributed by atoms with Crippen molar-refractivity contribution in [2.45, 2.75) is 33.3 Å². The van der Waals surface area contributed by atoms with Crippen molar-refractivity contribution in [3.05, 3.63) is 48.7 Å². The molecule has 2 heterocycles. The highest BCUT2D eigenvalue weighted by Gasteiger charge is 2.28. The first-order valence-electron chi connectivity index (χ1n) is 11.1. The van der Waals surface area contributed by atoms with E-state index in [9.17, 15) is 23.1 Å². The molecule has 12 nitrogen and oxygen atoms in total. The molecule has 0 bridgehead atoms. The number of benzene rings is 2. The van der Waals surface area contributed by atoms with Gasteiger partial charge in [0, 0.05) is 16.6 Å². The van der Waals surface area contributed by atoms with Crippen molar-refractivity contribution in [3.63, 3.8) is 0 Å². The lowest BCUT2D eigenvalue weighted by Crippen LogP contribution is -2.33. The number of carbonyl (C=O) groups is 2. The molecular formula is C23H24N6O6S2. The minimum Gasteiger partial charge on any atom is -0.463 e. The number of fused-ring (bicyclic) bond motifs is 1. The monoisotopic (exact) mass is 544 g/mol. The maximum absolute atomic E-state index is 13.2. The van der Waals surface area contributed by atoms with Gasteiger partial charge in [0.2, 0.25) is 15.2 Å². The van der Waals surface area contributed by atoms with Gasteiger partial charge in [-0.1, -0.05) is 23.5 Å². The van der Waals surface area contributed by atoms with Crippen molar-refractivity contribution in [2.75, 3.05) is 15.4 Å². The third kappa shape index (κ3) is 5.86. The summed E-state index contributed by atoms with van der Waals surface area (Å²) in [6.45, 7) is 6.74. The summed E-state index contributed by atoms with van der Waals surface area (Å²) in [6, 6.07) is 11.4. The molecule has 2 aromatic heterocycles. The zero-order valence-corrected chi connectivity index (χ0v) is 22.0. The normalized spacial score (nSPS) is 11.9. The molecule has 0 saturated carbocycles. The molecule has 0 saturated heterocycles. The Kier molecular flexibility index (Phi) is 6.88.